The van der Waals surface area contributed by atoms with Gasteiger partial charge >= 0.3 is 0 Å². The molecule has 0 saturated heterocycles. The maximum Gasteiger partial charge on any atom is 0.272 e. The lowest BCUT2D eigenvalue weighted by Gasteiger charge is -2.04. The average molecular weight is 431 g/mol. The first-order chi connectivity index (χ1) is 9.99. The van der Waals surface area contributed by atoms with Crippen molar-refractivity contribution in [1.29, 1.82) is 0 Å². The van der Waals surface area contributed by atoms with Crippen molar-refractivity contribution >= 4 is 55.6 Å². The summed E-state index contributed by atoms with van der Waals surface area (Å²) in [5.41, 5.74) is 4.81. The SMILES string of the molecule is Cc1c(Br)cc(/C=N\NC(=O)c2ccccc2Cl)cc1Br. The smallest absolute Gasteiger partial charge is 0.267 e. The van der Waals surface area contributed by atoms with Crippen molar-refractivity contribution < 1.29 is 4.79 Å². The fourth-order valence-corrected chi connectivity index (χ4v) is 3.05. The highest BCUT2D eigenvalue weighted by molar-refractivity contribution is 9.11. The normalized spacial score (nSPS) is 10.9. The van der Waals surface area contributed by atoms with Crippen LogP contribution in [-0.4, -0.2) is 12.1 Å². The minimum absolute atomic E-state index is 0.345. The van der Waals surface area contributed by atoms with E-state index in [0.717, 1.165) is 20.1 Å². The summed E-state index contributed by atoms with van der Waals surface area (Å²) in [6.45, 7) is 1.99. The van der Waals surface area contributed by atoms with E-state index in [1.54, 1.807) is 30.5 Å². The molecule has 0 saturated carbocycles. The quantitative estimate of drug-likeness (QED) is 0.544. The van der Waals surface area contributed by atoms with E-state index >= 15 is 0 Å². The summed E-state index contributed by atoms with van der Waals surface area (Å²) >= 11 is 12.9. The van der Waals surface area contributed by atoms with Crippen LogP contribution in [0, 0.1) is 6.92 Å². The zero-order valence-corrected chi connectivity index (χ0v) is 15.0. The van der Waals surface area contributed by atoms with Gasteiger partial charge in [0.2, 0.25) is 0 Å². The second-order valence-electron chi connectivity index (χ2n) is 4.29. The number of rotatable bonds is 3. The minimum atomic E-state index is -0.345. The lowest BCUT2D eigenvalue weighted by atomic mass is 10.2. The van der Waals surface area contributed by atoms with E-state index in [4.69, 9.17) is 11.6 Å². The Morgan fingerprint density at radius 1 is 1.24 bits per heavy atom. The first kappa shape index (κ1) is 16.2. The van der Waals surface area contributed by atoms with E-state index in [9.17, 15) is 4.79 Å². The molecule has 0 aromatic heterocycles. The summed E-state index contributed by atoms with van der Waals surface area (Å²) in [7, 11) is 0. The zero-order valence-electron chi connectivity index (χ0n) is 11.0. The van der Waals surface area contributed by atoms with Crippen LogP contribution in [-0.2, 0) is 0 Å². The molecule has 0 aliphatic rings. The van der Waals surface area contributed by atoms with Crippen molar-refractivity contribution in [3.63, 3.8) is 0 Å². The number of amides is 1. The summed E-state index contributed by atoms with van der Waals surface area (Å²) in [4.78, 5) is 11.9. The third kappa shape index (κ3) is 4.15. The molecular weight excluding hydrogens is 419 g/mol. The van der Waals surface area contributed by atoms with Crippen molar-refractivity contribution in [2.75, 3.05) is 0 Å². The summed E-state index contributed by atoms with van der Waals surface area (Å²) in [5.74, 6) is -0.345. The molecular formula is C15H11Br2ClN2O. The van der Waals surface area contributed by atoms with Crippen molar-refractivity contribution in [1.82, 2.24) is 5.43 Å². The number of carbonyl (C=O) groups is 1. The standard InChI is InChI=1S/C15H11Br2ClN2O/c1-9-12(16)6-10(7-13(9)17)8-19-20-15(21)11-4-2-3-5-14(11)18/h2-8H,1H3,(H,20,21)/b19-8-. The molecule has 0 bridgehead atoms. The molecule has 0 aliphatic carbocycles. The Hall–Kier alpha value is -1.17. The van der Waals surface area contributed by atoms with E-state index in [0.29, 0.717) is 10.6 Å². The van der Waals surface area contributed by atoms with E-state index in [1.165, 1.54) is 0 Å². The molecule has 2 aromatic carbocycles. The molecule has 108 valence electrons. The molecule has 0 fully saturated rings. The first-order valence-electron chi connectivity index (χ1n) is 6.02. The van der Waals surface area contributed by atoms with E-state index < -0.39 is 0 Å². The molecule has 2 aromatic rings. The highest BCUT2D eigenvalue weighted by Gasteiger charge is 2.08. The number of carbonyl (C=O) groups excluding carboxylic acids is 1. The Kier molecular flexibility index (Phi) is 5.56. The van der Waals surface area contributed by atoms with Gasteiger partial charge < -0.3 is 0 Å². The number of hydrogen-bond acceptors (Lipinski definition) is 2. The van der Waals surface area contributed by atoms with Gasteiger partial charge in [0, 0.05) is 8.95 Å². The number of nitrogens with zero attached hydrogens (tertiary/aromatic N) is 1. The number of hydrazone groups is 1. The average Bonchev–Trinajstić information content (AvgIpc) is 2.45. The number of benzene rings is 2. The van der Waals surface area contributed by atoms with Crippen LogP contribution in [0.15, 0.2) is 50.4 Å². The topological polar surface area (TPSA) is 41.5 Å². The van der Waals surface area contributed by atoms with Gasteiger partial charge in [-0.25, -0.2) is 5.43 Å². The Morgan fingerprint density at radius 3 is 2.48 bits per heavy atom. The molecule has 0 aliphatic heterocycles. The van der Waals surface area contributed by atoms with Gasteiger partial charge in [-0.05, 0) is 42.3 Å². The molecule has 1 N–H and O–H groups in total. The van der Waals surface area contributed by atoms with Crippen molar-refractivity contribution in [2.24, 2.45) is 5.10 Å². The summed E-state index contributed by atoms with van der Waals surface area (Å²) in [6, 6.07) is 10.7. The molecule has 0 heterocycles. The molecule has 3 nitrogen and oxygen atoms in total. The van der Waals surface area contributed by atoms with E-state index in [-0.39, 0.29) is 5.91 Å². The van der Waals surface area contributed by atoms with Gasteiger partial charge in [0.25, 0.3) is 5.91 Å². The maximum absolute atomic E-state index is 11.9. The number of hydrogen-bond donors (Lipinski definition) is 1. The second-order valence-corrected chi connectivity index (χ2v) is 6.40. The summed E-state index contributed by atoms with van der Waals surface area (Å²) in [5, 5.41) is 4.34. The van der Waals surface area contributed by atoms with Crippen LogP contribution in [0.3, 0.4) is 0 Å². The van der Waals surface area contributed by atoms with Crippen LogP contribution in [0.5, 0.6) is 0 Å². The number of nitrogens with one attached hydrogen (secondary N) is 1. The largest absolute Gasteiger partial charge is 0.272 e. The van der Waals surface area contributed by atoms with Gasteiger partial charge in [0.15, 0.2) is 0 Å². The van der Waals surface area contributed by atoms with Crippen LogP contribution >= 0.6 is 43.5 Å². The highest BCUT2D eigenvalue weighted by atomic mass is 79.9. The van der Waals surface area contributed by atoms with Gasteiger partial charge in [0.1, 0.15) is 0 Å². The highest BCUT2D eigenvalue weighted by Crippen LogP contribution is 2.25. The second kappa shape index (κ2) is 7.20. The molecule has 21 heavy (non-hydrogen) atoms. The molecule has 6 heteroatoms. The van der Waals surface area contributed by atoms with Crippen LogP contribution in [0.1, 0.15) is 21.5 Å². The van der Waals surface area contributed by atoms with Gasteiger partial charge in [-0.3, -0.25) is 4.79 Å². The fraction of sp³-hybridized carbons (Fsp3) is 0.0667. The van der Waals surface area contributed by atoms with Crippen molar-refractivity contribution in [3.8, 4) is 0 Å². The van der Waals surface area contributed by atoms with Crippen molar-refractivity contribution in [3.05, 3.63) is 67.1 Å². The Labute approximate surface area is 144 Å². The van der Waals surface area contributed by atoms with Crippen LogP contribution in [0.2, 0.25) is 5.02 Å². The number of halogens is 3. The van der Waals surface area contributed by atoms with Gasteiger partial charge in [0.05, 0.1) is 16.8 Å². The van der Waals surface area contributed by atoms with Crippen LogP contribution in [0.4, 0.5) is 0 Å². The third-order valence-electron chi connectivity index (χ3n) is 2.80. The van der Waals surface area contributed by atoms with Crippen LogP contribution in [0.25, 0.3) is 0 Å². The first-order valence-corrected chi connectivity index (χ1v) is 7.99. The monoisotopic (exact) mass is 428 g/mol. The fourth-order valence-electron chi connectivity index (χ4n) is 1.61. The van der Waals surface area contributed by atoms with Gasteiger partial charge in [-0.15, -0.1) is 0 Å². The molecule has 0 spiro atoms. The van der Waals surface area contributed by atoms with Crippen LogP contribution < -0.4 is 5.43 Å². The minimum Gasteiger partial charge on any atom is -0.267 e. The third-order valence-corrected chi connectivity index (χ3v) is 4.78. The Balaban J connectivity index is 2.10. The molecule has 0 atom stereocenters. The lowest BCUT2D eigenvalue weighted by Crippen LogP contribution is -2.17. The summed E-state index contributed by atoms with van der Waals surface area (Å²) < 4.78 is 1.94. The predicted molar refractivity (Wildman–Crippen MR) is 93.1 cm³/mol. The zero-order chi connectivity index (χ0) is 15.4. The predicted octanol–water partition coefficient (Wildman–Crippen LogP) is 4.94. The summed E-state index contributed by atoms with van der Waals surface area (Å²) in [6.07, 6.45) is 1.57. The maximum atomic E-state index is 11.9. The Bertz CT molecular complexity index is 694. The molecule has 2 rings (SSSR count). The molecule has 1 amide bonds. The van der Waals surface area contributed by atoms with Crippen molar-refractivity contribution in [2.45, 2.75) is 6.92 Å². The van der Waals surface area contributed by atoms with E-state index in [2.05, 4.69) is 42.4 Å². The molecule has 0 radical (unpaired) electrons. The molecule has 0 unspecified atom stereocenters. The Morgan fingerprint density at radius 2 is 1.86 bits per heavy atom. The van der Waals surface area contributed by atoms with Gasteiger partial charge in [-0.1, -0.05) is 55.6 Å². The lowest BCUT2D eigenvalue weighted by molar-refractivity contribution is 0.0955. The van der Waals surface area contributed by atoms with E-state index in [1.807, 2.05) is 19.1 Å². The van der Waals surface area contributed by atoms with Gasteiger partial charge in [-0.2, -0.15) is 5.10 Å².